The van der Waals surface area contributed by atoms with E-state index in [1.807, 2.05) is 48.5 Å². The number of anilines is 2. The molecule has 2 amide bonds. The highest BCUT2D eigenvalue weighted by molar-refractivity contribution is 9.10. The lowest BCUT2D eigenvalue weighted by Crippen LogP contribution is -2.37. The van der Waals surface area contributed by atoms with Gasteiger partial charge in [-0.2, -0.15) is 0 Å². The van der Waals surface area contributed by atoms with Crippen LogP contribution >= 0.6 is 27.7 Å². The van der Waals surface area contributed by atoms with Crippen molar-refractivity contribution in [1.82, 2.24) is 0 Å². The smallest absolute Gasteiger partial charge is 0.237 e. The van der Waals surface area contributed by atoms with E-state index in [1.165, 1.54) is 0 Å². The maximum absolute atomic E-state index is 12.1. The first-order chi connectivity index (χ1) is 11.1. The minimum atomic E-state index is -0.105. The van der Waals surface area contributed by atoms with Crippen molar-refractivity contribution in [3.63, 3.8) is 0 Å². The molecule has 0 spiro atoms. The third kappa shape index (κ3) is 3.95. The van der Waals surface area contributed by atoms with Gasteiger partial charge in [-0.1, -0.05) is 34.1 Å². The molecule has 23 heavy (non-hydrogen) atoms. The van der Waals surface area contributed by atoms with E-state index >= 15 is 0 Å². The molecule has 1 aliphatic heterocycles. The fourth-order valence-corrected chi connectivity index (χ4v) is 3.74. The van der Waals surface area contributed by atoms with Crippen molar-refractivity contribution in [1.29, 1.82) is 0 Å². The van der Waals surface area contributed by atoms with Gasteiger partial charge in [0.25, 0.3) is 0 Å². The van der Waals surface area contributed by atoms with Gasteiger partial charge in [0, 0.05) is 28.0 Å². The number of benzene rings is 2. The second-order valence-corrected chi connectivity index (χ2v) is 7.04. The summed E-state index contributed by atoms with van der Waals surface area (Å²) >= 11 is 4.92. The summed E-state index contributed by atoms with van der Waals surface area (Å²) in [5.41, 5.74) is 1.63. The molecule has 0 aromatic heterocycles. The van der Waals surface area contributed by atoms with Gasteiger partial charge < -0.3 is 10.2 Å². The molecule has 0 saturated heterocycles. The number of para-hydroxylation sites is 1. The molecule has 0 aliphatic carbocycles. The molecule has 0 bridgehead atoms. The van der Waals surface area contributed by atoms with E-state index in [0.717, 1.165) is 20.7 Å². The molecule has 0 saturated carbocycles. The molecule has 1 aliphatic rings. The lowest BCUT2D eigenvalue weighted by atomic mass is 10.2. The predicted octanol–water partition coefficient (Wildman–Crippen LogP) is 3.92. The van der Waals surface area contributed by atoms with Crippen LogP contribution in [0.2, 0.25) is 0 Å². The predicted molar refractivity (Wildman–Crippen MR) is 96.9 cm³/mol. The average Bonchev–Trinajstić information content (AvgIpc) is 2.54. The van der Waals surface area contributed by atoms with Crippen molar-refractivity contribution in [3.8, 4) is 0 Å². The molecular weight excluding hydrogens is 376 g/mol. The normalized spacial score (nSPS) is 13.6. The highest BCUT2D eigenvalue weighted by Gasteiger charge is 2.24. The summed E-state index contributed by atoms with van der Waals surface area (Å²) in [6, 6.07) is 15.2. The Labute approximate surface area is 147 Å². The Hall–Kier alpha value is -1.79. The zero-order valence-electron chi connectivity index (χ0n) is 12.3. The lowest BCUT2D eigenvalue weighted by molar-refractivity contribution is -0.117. The average molecular weight is 391 g/mol. The summed E-state index contributed by atoms with van der Waals surface area (Å²) in [5, 5.41) is 2.85. The third-order valence-corrected chi connectivity index (χ3v) is 5.02. The Morgan fingerprint density at radius 1 is 1.22 bits per heavy atom. The first kappa shape index (κ1) is 16.1. The second-order valence-electron chi connectivity index (χ2n) is 5.11. The molecule has 0 fully saturated rings. The molecule has 118 valence electrons. The first-order valence-corrected chi connectivity index (χ1v) is 8.99. The molecule has 3 rings (SSSR count). The molecular formula is C17H15BrN2O2S. The number of amides is 2. The van der Waals surface area contributed by atoms with Gasteiger partial charge in [0.2, 0.25) is 11.8 Å². The standard InChI is InChI=1S/C17H15BrN2O2S/c18-12-4-3-5-13(10-12)19-16(21)8-9-20-14-6-1-2-7-15(14)23-11-17(20)22/h1-7,10H,8-9,11H2,(H,19,21). The van der Waals surface area contributed by atoms with E-state index in [0.29, 0.717) is 12.3 Å². The maximum atomic E-state index is 12.1. The molecule has 0 atom stereocenters. The summed E-state index contributed by atoms with van der Waals surface area (Å²) in [7, 11) is 0. The maximum Gasteiger partial charge on any atom is 0.237 e. The van der Waals surface area contributed by atoms with Crippen LogP contribution in [0.4, 0.5) is 11.4 Å². The van der Waals surface area contributed by atoms with Crippen molar-refractivity contribution in [3.05, 3.63) is 53.0 Å². The molecule has 1 heterocycles. The number of nitrogens with one attached hydrogen (secondary N) is 1. The van der Waals surface area contributed by atoms with Crippen LogP contribution in [0.3, 0.4) is 0 Å². The van der Waals surface area contributed by atoms with Crippen LogP contribution in [0.15, 0.2) is 57.9 Å². The highest BCUT2D eigenvalue weighted by atomic mass is 79.9. The Kier molecular flexibility index (Phi) is 5.03. The number of hydrogen-bond donors (Lipinski definition) is 1. The molecule has 0 unspecified atom stereocenters. The number of hydrogen-bond acceptors (Lipinski definition) is 3. The zero-order valence-corrected chi connectivity index (χ0v) is 14.7. The van der Waals surface area contributed by atoms with E-state index in [-0.39, 0.29) is 18.2 Å². The Morgan fingerprint density at radius 2 is 2.04 bits per heavy atom. The van der Waals surface area contributed by atoms with E-state index in [4.69, 9.17) is 0 Å². The zero-order chi connectivity index (χ0) is 16.2. The van der Waals surface area contributed by atoms with Crippen LogP contribution in [0.25, 0.3) is 0 Å². The van der Waals surface area contributed by atoms with Gasteiger partial charge in [0.05, 0.1) is 11.4 Å². The van der Waals surface area contributed by atoms with E-state index in [9.17, 15) is 9.59 Å². The summed E-state index contributed by atoms with van der Waals surface area (Å²) in [6.07, 6.45) is 0.261. The number of fused-ring (bicyclic) bond motifs is 1. The van der Waals surface area contributed by atoms with E-state index in [1.54, 1.807) is 16.7 Å². The van der Waals surface area contributed by atoms with Gasteiger partial charge in [0.15, 0.2) is 0 Å². The third-order valence-electron chi connectivity index (χ3n) is 3.48. The minimum Gasteiger partial charge on any atom is -0.326 e. The molecule has 6 heteroatoms. The SMILES string of the molecule is O=C(CCN1C(=O)CSc2ccccc21)Nc1cccc(Br)c1. The number of halogens is 1. The summed E-state index contributed by atoms with van der Waals surface area (Å²) < 4.78 is 0.910. The number of thioether (sulfide) groups is 1. The fourth-order valence-electron chi connectivity index (χ4n) is 2.40. The summed E-state index contributed by atoms with van der Waals surface area (Å²) in [6.45, 7) is 0.385. The molecule has 2 aromatic carbocycles. The van der Waals surface area contributed by atoms with Crippen LogP contribution in [-0.4, -0.2) is 24.1 Å². The molecule has 4 nitrogen and oxygen atoms in total. The highest BCUT2D eigenvalue weighted by Crippen LogP contribution is 2.34. The van der Waals surface area contributed by atoms with Crippen molar-refractivity contribution in [2.24, 2.45) is 0 Å². The Bertz CT molecular complexity index is 751. The van der Waals surface area contributed by atoms with Crippen LogP contribution in [0, 0.1) is 0 Å². The van der Waals surface area contributed by atoms with Crippen molar-refractivity contribution in [2.45, 2.75) is 11.3 Å². The number of nitrogens with zero attached hydrogens (tertiary/aromatic N) is 1. The van der Waals surface area contributed by atoms with E-state index < -0.39 is 0 Å². The van der Waals surface area contributed by atoms with Gasteiger partial charge in [-0.25, -0.2) is 0 Å². The van der Waals surface area contributed by atoms with E-state index in [2.05, 4.69) is 21.2 Å². The first-order valence-electron chi connectivity index (χ1n) is 7.21. The Balaban J connectivity index is 1.64. The number of rotatable bonds is 4. The van der Waals surface area contributed by atoms with Crippen molar-refractivity contribution >= 4 is 50.9 Å². The van der Waals surface area contributed by atoms with Gasteiger partial charge in [-0.15, -0.1) is 11.8 Å². The van der Waals surface area contributed by atoms with Crippen molar-refractivity contribution < 1.29 is 9.59 Å². The second kappa shape index (κ2) is 7.19. The van der Waals surface area contributed by atoms with Gasteiger partial charge in [-0.05, 0) is 30.3 Å². The topological polar surface area (TPSA) is 49.4 Å². The van der Waals surface area contributed by atoms with Gasteiger partial charge in [-0.3, -0.25) is 9.59 Å². The molecule has 1 N–H and O–H groups in total. The summed E-state index contributed by atoms with van der Waals surface area (Å²) in [4.78, 5) is 27.0. The molecule has 0 radical (unpaired) electrons. The number of carbonyl (C=O) groups is 2. The largest absolute Gasteiger partial charge is 0.326 e. The summed E-state index contributed by atoms with van der Waals surface area (Å²) in [5.74, 6) is 0.361. The monoisotopic (exact) mass is 390 g/mol. The molecule has 2 aromatic rings. The fraction of sp³-hybridized carbons (Fsp3) is 0.176. The van der Waals surface area contributed by atoms with Crippen LogP contribution in [0.5, 0.6) is 0 Å². The quantitative estimate of drug-likeness (QED) is 0.860. The van der Waals surface area contributed by atoms with Crippen LogP contribution in [0.1, 0.15) is 6.42 Å². The number of carbonyl (C=O) groups excluding carboxylic acids is 2. The van der Waals surface area contributed by atoms with Crippen molar-refractivity contribution in [2.75, 3.05) is 22.5 Å². The minimum absolute atomic E-state index is 0.0453. The Morgan fingerprint density at radius 3 is 2.87 bits per heavy atom. The van der Waals surface area contributed by atoms with Crippen LogP contribution in [-0.2, 0) is 9.59 Å². The van der Waals surface area contributed by atoms with Gasteiger partial charge in [0.1, 0.15) is 0 Å². The lowest BCUT2D eigenvalue weighted by Gasteiger charge is -2.28. The van der Waals surface area contributed by atoms with Crippen LogP contribution < -0.4 is 10.2 Å². The van der Waals surface area contributed by atoms with Gasteiger partial charge >= 0.3 is 0 Å².